The van der Waals surface area contributed by atoms with E-state index in [-0.39, 0.29) is 0 Å². The molecule has 0 N–H and O–H groups in total. The average Bonchev–Trinajstić information content (AvgIpc) is 3.36. The number of rotatable bonds is 8. The molecule has 7 heteroatoms. The Bertz CT molecular complexity index is 940. The molecule has 0 bridgehead atoms. The minimum atomic E-state index is 0.454. The smallest absolute Gasteiger partial charge is 0.181 e. The molecule has 0 radical (unpaired) electrons. The molecule has 4 rings (SSSR count). The number of ether oxygens (including phenoxy) is 2. The molecule has 1 saturated heterocycles. The van der Waals surface area contributed by atoms with Crippen molar-refractivity contribution in [3.8, 4) is 11.4 Å². The largest absolute Gasteiger partial charge is 0.383 e. The molecule has 1 aromatic carbocycles. The maximum atomic E-state index is 5.41. The van der Waals surface area contributed by atoms with E-state index in [4.69, 9.17) is 14.6 Å². The van der Waals surface area contributed by atoms with Crippen LogP contribution in [0.2, 0.25) is 0 Å². The van der Waals surface area contributed by atoms with Crippen molar-refractivity contribution < 1.29 is 9.47 Å². The number of morpholine rings is 1. The van der Waals surface area contributed by atoms with Crippen LogP contribution >= 0.6 is 0 Å². The zero-order valence-corrected chi connectivity index (χ0v) is 17.7. The van der Waals surface area contributed by atoms with Gasteiger partial charge in [-0.2, -0.15) is 5.10 Å². The molecular weight excluding hydrogens is 366 g/mol. The van der Waals surface area contributed by atoms with Crippen LogP contribution in [0, 0.1) is 0 Å². The Morgan fingerprint density at radius 2 is 1.97 bits per heavy atom. The van der Waals surface area contributed by atoms with E-state index in [1.165, 1.54) is 16.5 Å². The topological polar surface area (TPSA) is 57.3 Å². The molecule has 2 aromatic heterocycles. The van der Waals surface area contributed by atoms with Crippen LogP contribution in [0.3, 0.4) is 0 Å². The summed E-state index contributed by atoms with van der Waals surface area (Å²) in [6.07, 6.45) is 4.10. The Labute approximate surface area is 172 Å². The Hall–Kier alpha value is -2.22. The fourth-order valence-corrected chi connectivity index (χ4v) is 3.90. The zero-order chi connectivity index (χ0) is 20.2. The van der Waals surface area contributed by atoms with Gasteiger partial charge >= 0.3 is 0 Å². The molecule has 0 atom stereocenters. The van der Waals surface area contributed by atoms with E-state index in [0.29, 0.717) is 12.5 Å². The molecule has 29 heavy (non-hydrogen) atoms. The third-order valence-corrected chi connectivity index (χ3v) is 5.61. The van der Waals surface area contributed by atoms with Crippen LogP contribution < -0.4 is 0 Å². The van der Waals surface area contributed by atoms with Crippen LogP contribution in [0.5, 0.6) is 0 Å². The van der Waals surface area contributed by atoms with Crippen LogP contribution in [0.1, 0.15) is 25.3 Å². The van der Waals surface area contributed by atoms with Crippen molar-refractivity contribution in [2.75, 3.05) is 46.6 Å². The van der Waals surface area contributed by atoms with Crippen molar-refractivity contribution in [1.29, 1.82) is 0 Å². The standard InChI is InChI=1S/C22H31N5O2/c1-17(2)20-15-26(10-11-28-3)21-5-4-18(14-19(20)21)22-23-16-27(24-22)7-6-25-8-12-29-13-9-25/h4-5,14-17H,6-13H2,1-3H3. The molecule has 156 valence electrons. The Morgan fingerprint density at radius 3 is 2.72 bits per heavy atom. The summed E-state index contributed by atoms with van der Waals surface area (Å²) in [5.41, 5.74) is 3.65. The van der Waals surface area contributed by atoms with Gasteiger partial charge in [-0.3, -0.25) is 9.58 Å². The number of methoxy groups -OCH3 is 1. The summed E-state index contributed by atoms with van der Waals surface area (Å²) in [5, 5.41) is 6.00. The third-order valence-electron chi connectivity index (χ3n) is 5.61. The Kier molecular flexibility index (Phi) is 6.28. The molecule has 1 fully saturated rings. The number of benzene rings is 1. The predicted molar refractivity (Wildman–Crippen MR) is 114 cm³/mol. The van der Waals surface area contributed by atoms with Crippen molar-refractivity contribution in [2.24, 2.45) is 0 Å². The number of nitrogens with zero attached hydrogens (tertiary/aromatic N) is 5. The summed E-state index contributed by atoms with van der Waals surface area (Å²) < 4.78 is 14.9. The zero-order valence-electron chi connectivity index (χ0n) is 17.7. The molecule has 7 nitrogen and oxygen atoms in total. The first-order chi connectivity index (χ1) is 14.2. The van der Waals surface area contributed by atoms with E-state index in [1.54, 1.807) is 7.11 Å². The van der Waals surface area contributed by atoms with Gasteiger partial charge in [-0.05, 0) is 29.7 Å². The van der Waals surface area contributed by atoms with Crippen LogP contribution in [-0.4, -0.2) is 70.8 Å². The van der Waals surface area contributed by atoms with E-state index in [0.717, 1.165) is 57.3 Å². The van der Waals surface area contributed by atoms with E-state index in [9.17, 15) is 0 Å². The second-order valence-electron chi connectivity index (χ2n) is 7.94. The summed E-state index contributed by atoms with van der Waals surface area (Å²) >= 11 is 0. The van der Waals surface area contributed by atoms with E-state index >= 15 is 0 Å². The maximum Gasteiger partial charge on any atom is 0.181 e. The van der Waals surface area contributed by atoms with Gasteiger partial charge in [0.15, 0.2) is 5.82 Å². The van der Waals surface area contributed by atoms with Crippen molar-refractivity contribution in [3.63, 3.8) is 0 Å². The molecule has 3 aromatic rings. The fraction of sp³-hybridized carbons (Fsp3) is 0.545. The first-order valence-corrected chi connectivity index (χ1v) is 10.5. The Morgan fingerprint density at radius 1 is 1.14 bits per heavy atom. The van der Waals surface area contributed by atoms with Crippen molar-refractivity contribution in [3.05, 3.63) is 36.3 Å². The van der Waals surface area contributed by atoms with Crippen molar-refractivity contribution >= 4 is 10.9 Å². The highest BCUT2D eigenvalue weighted by molar-refractivity contribution is 5.88. The number of hydrogen-bond donors (Lipinski definition) is 0. The van der Waals surface area contributed by atoms with Crippen molar-refractivity contribution in [2.45, 2.75) is 32.9 Å². The van der Waals surface area contributed by atoms with E-state index in [2.05, 4.69) is 52.7 Å². The fourth-order valence-electron chi connectivity index (χ4n) is 3.90. The molecule has 0 aliphatic carbocycles. The highest BCUT2D eigenvalue weighted by Gasteiger charge is 2.15. The third kappa shape index (κ3) is 4.52. The van der Waals surface area contributed by atoms with Crippen LogP contribution in [-0.2, 0) is 22.6 Å². The molecule has 0 saturated carbocycles. The first-order valence-electron chi connectivity index (χ1n) is 10.5. The summed E-state index contributed by atoms with van der Waals surface area (Å²) in [6, 6.07) is 6.54. The van der Waals surface area contributed by atoms with Crippen LogP contribution in [0.15, 0.2) is 30.7 Å². The number of aromatic nitrogens is 4. The average molecular weight is 398 g/mol. The predicted octanol–water partition coefficient (Wildman–Crippen LogP) is 3.00. The van der Waals surface area contributed by atoms with E-state index in [1.807, 2.05) is 11.0 Å². The summed E-state index contributed by atoms with van der Waals surface area (Å²) in [7, 11) is 1.74. The molecule has 3 heterocycles. The SMILES string of the molecule is COCCn1cc(C(C)C)c2cc(-c3ncn(CCN4CCOCC4)n3)ccc21. The normalized spacial score (nSPS) is 15.6. The van der Waals surface area contributed by atoms with E-state index < -0.39 is 0 Å². The van der Waals surface area contributed by atoms with Crippen LogP contribution in [0.25, 0.3) is 22.3 Å². The van der Waals surface area contributed by atoms with Gasteiger partial charge in [-0.1, -0.05) is 13.8 Å². The van der Waals surface area contributed by atoms with Crippen LogP contribution in [0.4, 0.5) is 0 Å². The molecule has 0 spiro atoms. The first kappa shape index (κ1) is 20.1. The highest BCUT2D eigenvalue weighted by Crippen LogP contribution is 2.30. The maximum absolute atomic E-state index is 5.41. The molecule has 0 amide bonds. The minimum absolute atomic E-state index is 0.454. The lowest BCUT2D eigenvalue weighted by molar-refractivity contribution is 0.0359. The lowest BCUT2D eigenvalue weighted by atomic mass is 10.0. The van der Waals surface area contributed by atoms with Gasteiger partial charge in [0.2, 0.25) is 0 Å². The van der Waals surface area contributed by atoms with Crippen molar-refractivity contribution in [1.82, 2.24) is 24.2 Å². The summed E-state index contributed by atoms with van der Waals surface area (Å²) in [6.45, 7) is 11.5. The second kappa shape index (κ2) is 9.07. The minimum Gasteiger partial charge on any atom is -0.383 e. The quantitative estimate of drug-likeness (QED) is 0.585. The number of hydrogen-bond acceptors (Lipinski definition) is 5. The molecule has 1 aliphatic heterocycles. The summed E-state index contributed by atoms with van der Waals surface area (Å²) in [5.74, 6) is 1.24. The van der Waals surface area contributed by atoms with Gasteiger partial charge in [0.05, 0.1) is 26.4 Å². The van der Waals surface area contributed by atoms with Gasteiger partial charge < -0.3 is 14.0 Å². The molecular formula is C22H31N5O2. The van der Waals surface area contributed by atoms with Gasteiger partial charge in [0.25, 0.3) is 0 Å². The van der Waals surface area contributed by atoms with Gasteiger partial charge in [-0.25, -0.2) is 4.98 Å². The second-order valence-corrected chi connectivity index (χ2v) is 7.94. The lowest BCUT2D eigenvalue weighted by Crippen LogP contribution is -2.38. The highest BCUT2D eigenvalue weighted by atomic mass is 16.5. The van der Waals surface area contributed by atoms with Gasteiger partial charge in [0, 0.05) is 56.0 Å². The Balaban J connectivity index is 1.54. The van der Waals surface area contributed by atoms with Gasteiger partial charge in [-0.15, -0.1) is 0 Å². The summed E-state index contributed by atoms with van der Waals surface area (Å²) in [4.78, 5) is 6.98. The number of fused-ring (bicyclic) bond motifs is 1. The monoisotopic (exact) mass is 397 g/mol. The molecule has 1 aliphatic rings. The lowest BCUT2D eigenvalue weighted by Gasteiger charge is -2.26. The van der Waals surface area contributed by atoms with Gasteiger partial charge in [0.1, 0.15) is 6.33 Å². The molecule has 0 unspecified atom stereocenters.